The number of hydrogen-bond acceptors (Lipinski definition) is 5. The maximum absolute atomic E-state index is 13.5. The van der Waals surface area contributed by atoms with Gasteiger partial charge in [0.1, 0.15) is 17.9 Å². The molecule has 1 fully saturated rings. The molecular formula is C24H27N5O3. The van der Waals surface area contributed by atoms with E-state index in [1.807, 2.05) is 62.4 Å². The standard InChI is InChI=1S/C24H27N5O3/c1-16(2)20-14-19(27-29(20)22-11-7-8-12-26-22)24(31)28-15-18(13-21(28)23(30)25-3)32-17-9-5-4-6-10-17/h4-12,14,16,18,21H,13,15H2,1-3H3,(H,25,30)/t18-,21-/m0/s1. The first-order chi connectivity index (χ1) is 15.5. The van der Waals surface area contributed by atoms with Gasteiger partial charge in [-0.25, -0.2) is 9.67 Å². The van der Waals surface area contributed by atoms with Crippen molar-refractivity contribution in [3.63, 3.8) is 0 Å². The zero-order chi connectivity index (χ0) is 22.7. The molecular weight excluding hydrogens is 406 g/mol. The Morgan fingerprint density at radius 3 is 2.53 bits per heavy atom. The highest BCUT2D eigenvalue weighted by Gasteiger charge is 2.41. The van der Waals surface area contributed by atoms with Gasteiger partial charge in [0.15, 0.2) is 11.5 Å². The number of nitrogens with one attached hydrogen (secondary N) is 1. The summed E-state index contributed by atoms with van der Waals surface area (Å²) < 4.78 is 7.74. The molecule has 0 saturated carbocycles. The molecule has 3 aromatic rings. The highest BCUT2D eigenvalue weighted by atomic mass is 16.5. The van der Waals surface area contributed by atoms with Crippen LogP contribution in [0.5, 0.6) is 5.75 Å². The van der Waals surface area contributed by atoms with Gasteiger partial charge >= 0.3 is 0 Å². The summed E-state index contributed by atoms with van der Waals surface area (Å²) in [4.78, 5) is 32.0. The smallest absolute Gasteiger partial charge is 0.275 e. The average Bonchev–Trinajstić information content (AvgIpc) is 3.44. The molecule has 1 aliphatic rings. The summed E-state index contributed by atoms with van der Waals surface area (Å²) in [6.45, 7) is 4.38. The molecule has 1 saturated heterocycles. The van der Waals surface area contributed by atoms with Gasteiger partial charge < -0.3 is 15.0 Å². The zero-order valence-corrected chi connectivity index (χ0v) is 18.4. The van der Waals surface area contributed by atoms with Gasteiger partial charge in [0.25, 0.3) is 5.91 Å². The molecule has 1 aromatic carbocycles. The van der Waals surface area contributed by atoms with E-state index in [1.165, 1.54) is 0 Å². The number of rotatable bonds is 6. The fourth-order valence-corrected chi connectivity index (χ4v) is 3.93. The van der Waals surface area contributed by atoms with Crippen molar-refractivity contribution >= 4 is 11.8 Å². The lowest BCUT2D eigenvalue weighted by atomic mass is 10.1. The van der Waals surface area contributed by atoms with Crippen molar-refractivity contribution in [2.75, 3.05) is 13.6 Å². The minimum Gasteiger partial charge on any atom is -0.488 e. The Labute approximate surface area is 187 Å². The largest absolute Gasteiger partial charge is 0.488 e. The van der Waals surface area contributed by atoms with Crippen molar-refractivity contribution < 1.29 is 14.3 Å². The maximum atomic E-state index is 13.5. The van der Waals surface area contributed by atoms with Crippen LogP contribution >= 0.6 is 0 Å². The minimum atomic E-state index is -0.622. The highest BCUT2D eigenvalue weighted by Crippen LogP contribution is 2.26. The highest BCUT2D eigenvalue weighted by molar-refractivity contribution is 5.96. The lowest BCUT2D eigenvalue weighted by Gasteiger charge is -2.21. The third-order valence-corrected chi connectivity index (χ3v) is 5.53. The molecule has 1 N–H and O–H groups in total. The molecule has 166 valence electrons. The second-order valence-corrected chi connectivity index (χ2v) is 8.09. The number of para-hydroxylation sites is 1. The Bertz CT molecular complexity index is 1080. The van der Waals surface area contributed by atoms with Gasteiger partial charge in [-0.15, -0.1) is 0 Å². The van der Waals surface area contributed by atoms with Gasteiger partial charge in [0, 0.05) is 25.4 Å². The lowest BCUT2D eigenvalue weighted by molar-refractivity contribution is -0.124. The molecule has 2 atom stereocenters. The molecule has 8 heteroatoms. The van der Waals surface area contributed by atoms with Gasteiger partial charge in [0.05, 0.1) is 6.54 Å². The summed E-state index contributed by atoms with van der Waals surface area (Å²) in [6.07, 6.45) is 1.82. The lowest BCUT2D eigenvalue weighted by Crippen LogP contribution is -2.45. The van der Waals surface area contributed by atoms with Crippen LogP contribution in [0.1, 0.15) is 42.4 Å². The molecule has 32 heavy (non-hydrogen) atoms. The van der Waals surface area contributed by atoms with Crippen molar-refractivity contribution in [2.24, 2.45) is 0 Å². The second-order valence-electron chi connectivity index (χ2n) is 8.09. The van der Waals surface area contributed by atoms with E-state index in [0.717, 1.165) is 5.69 Å². The molecule has 0 unspecified atom stereocenters. The third-order valence-electron chi connectivity index (χ3n) is 5.53. The number of ether oxygens (including phenoxy) is 1. The van der Waals surface area contributed by atoms with Crippen LogP contribution in [-0.2, 0) is 4.79 Å². The Balaban J connectivity index is 1.62. The molecule has 4 rings (SSSR count). The van der Waals surface area contributed by atoms with Crippen LogP contribution in [-0.4, -0.2) is 57.2 Å². The van der Waals surface area contributed by atoms with Gasteiger partial charge in [-0.1, -0.05) is 38.1 Å². The van der Waals surface area contributed by atoms with Crippen molar-refractivity contribution in [1.82, 2.24) is 25.0 Å². The van der Waals surface area contributed by atoms with E-state index in [0.29, 0.717) is 24.5 Å². The molecule has 1 aliphatic heterocycles. The Morgan fingerprint density at radius 2 is 1.88 bits per heavy atom. The predicted octanol–water partition coefficient (Wildman–Crippen LogP) is 2.80. The van der Waals surface area contributed by atoms with Gasteiger partial charge in [-0.05, 0) is 36.2 Å². The number of pyridine rings is 1. The molecule has 3 heterocycles. The SMILES string of the molecule is CNC(=O)[C@@H]1C[C@H](Oc2ccccc2)CN1C(=O)c1cc(C(C)C)n(-c2ccccn2)n1. The number of carbonyl (C=O) groups is 2. The third kappa shape index (κ3) is 4.34. The summed E-state index contributed by atoms with van der Waals surface area (Å²) >= 11 is 0. The molecule has 0 bridgehead atoms. The summed E-state index contributed by atoms with van der Waals surface area (Å²) in [5, 5.41) is 7.23. The number of nitrogens with zero attached hydrogens (tertiary/aromatic N) is 4. The molecule has 2 amide bonds. The van der Waals surface area contributed by atoms with Crippen LogP contribution in [0.4, 0.5) is 0 Å². The van der Waals surface area contributed by atoms with Gasteiger partial charge in [-0.3, -0.25) is 9.59 Å². The van der Waals surface area contributed by atoms with E-state index in [4.69, 9.17) is 4.74 Å². The topological polar surface area (TPSA) is 89.4 Å². The Morgan fingerprint density at radius 1 is 1.12 bits per heavy atom. The van der Waals surface area contributed by atoms with Crippen LogP contribution < -0.4 is 10.1 Å². The normalized spacial score (nSPS) is 18.1. The molecule has 0 radical (unpaired) electrons. The first-order valence-corrected chi connectivity index (χ1v) is 10.7. The van der Waals surface area contributed by atoms with Crippen LogP contribution in [0.25, 0.3) is 5.82 Å². The van der Waals surface area contributed by atoms with Gasteiger partial charge in [-0.2, -0.15) is 5.10 Å². The predicted molar refractivity (Wildman–Crippen MR) is 120 cm³/mol. The first-order valence-electron chi connectivity index (χ1n) is 10.7. The summed E-state index contributed by atoms with van der Waals surface area (Å²) in [5.41, 5.74) is 1.16. The van der Waals surface area contributed by atoms with Crippen molar-refractivity contribution in [1.29, 1.82) is 0 Å². The van der Waals surface area contributed by atoms with Crippen LogP contribution in [0.15, 0.2) is 60.8 Å². The van der Waals surface area contributed by atoms with Crippen molar-refractivity contribution in [3.8, 4) is 11.6 Å². The van der Waals surface area contributed by atoms with Crippen LogP contribution in [0.2, 0.25) is 0 Å². The van der Waals surface area contributed by atoms with Crippen molar-refractivity contribution in [2.45, 2.75) is 38.3 Å². The van der Waals surface area contributed by atoms with E-state index in [2.05, 4.69) is 15.4 Å². The summed E-state index contributed by atoms with van der Waals surface area (Å²) in [7, 11) is 1.57. The summed E-state index contributed by atoms with van der Waals surface area (Å²) in [5.74, 6) is 0.974. The number of hydrogen-bond donors (Lipinski definition) is 1. The first kappa shape index (κ1) is 21.5. The van der Waals surface area contributed by atoms with E-state index < -0.39 is 6.04 Å². The number of benzene rings is 1. The molecule has 0 aliphatic carbocycles. The van der Waals surface area contributed by atoms with Crippen LogP contribution in [0, 0.1) is 0 Å². The number of amides is 2. The zero-order valence-electron chi connectivity index (χ0n) is 18.4. The molecule has 8 nitrogen and oxygen atoms in total. The number of aromatic nitrogens is 3. The molecule has 0 spiro atoms. The maximum Gasteiger partial charge on any atom is 0.275 e. The fraction of sp³-hybridized carbons (Fsp3) is 0.333. The Kier molecular flexibility index (Phi) is 6.20. The fourth-order valence-electron chi connectivity index (χ4n) is 3.93. The number of carbonyl (C=O) groups excluding carboxylic acids is 2. The van der Waals surface area contributed by atoms with Gasteiger partial charge in [0.2, 0.25) is 5.91 Å². The molecule has 2 aromatic heterocycles. The van der Waals surface area contributed by atoms with Crippen LogP contribution in [0.3, 0.4) is 0 Å². The van der Waals surface area contributed by atoms with E-state index in [9.17, 15) is 9.59 Å². The number of likely N-dealkylation sites (N-methyl/N-ethyl adjacent to an activating group) is 1. The summed E-state index contributed by atoms with van der Waals surface area (Å²) in [6, 6.07) is 16.1. The monoisotopic (exact) mass is 433 g/mol. The van der Waals surface area contributed by atoms with E-state index >= 15 is 0 Å². The minimum absolute atomic E-state index is 0.133. The van der Waals surface area contributed by atoms with Crippen molar-refractivity contribution in [3.05, 3.63) is 72.2 Å². The van der Waals surface area contributed by atoms with E-state index in [1.54, 1.807) is 28.9 Å². The Hall–Kier alpha value is -3.68. The number of likely N-dealkylation sites (tertiary alicyclic amines) is 1. The average molecular weight is 434 g/mol. The van der Waals surface area contributed by atoms with E-state index in [-0.39, 0.29) is 29.5 Å². The second kappa shape index (κ2) is 9.21. The quantitative estimate of drug-likeness (QED) is 0.646.